The SMILES string of the molecule is Cc1ccccc1CN(C(=O)COc1ccc(Cl)cc1Br)[C@H](C)C(=O)NC1CCCC1. The molecular weight excluding hydrogens is 480 g/mol. The molecule has 1 aliphatic rings. The van der Waals surface area contributed by atoms with Crippen molar-refractivity contribution in [2.45, 2.75) is 58.2 Å². The van der Waals surface area contributed by atoms with Crippen molar-refractivity contribution < 1.29 is 14.3 Å². The predicted molar refractivity (Wildman–Crippen MR) is 126 cm³/mol. The maximum absolute atomic E-state index is 13.2. The smallest absolute Gasteiger partial charge is 0.261 e. The van der Waals surface area contributed by atoms with Gasteiger partial charge in [0, 0.05) is 17.6 Å². The zero-order chi connectivity index (χ0) is 22.4. The van der Waals surface area contributed by atoms with E-state index in [-0.39, 0.29) is 24.5 Å². The lowest BCUT2D eigenvalue weighted by molar-refractivity contribution is -0.142. The number of nitrogens with one attached hydrogen (secondary N) is 1. The first-order chi connectivity index (χ1) is 14.8. The highest BCUT2D eigenvalue weighted by Gasteiger charge is 2.29. The molecule has 0 saturated heterocycles. The third kappa shape index (κ3) is 6.47. The maximum Gasteiger partial charge on any atom is 0.261 e. The van der Waals surface area contributed by atoms with Crippen LogP contribution in [-0.2, 0) is 16.1 Å². The molecule has 0 bridgehead atoms. The number of ether oxygens (including phenoxy) is 1. The second-order valence-corrected chi connectivity index (χ2v) is 9.27. The summed E-state index contributed by atoms with van der Waals surface area (Å²) in [5, 5.41) is 3.68. The van der Waals surface area contributed by atoms with Crippen molar-refractivity contribution in [3.63, 3.8) is 0 Å². The second-order valence-electron chi connectivity index (χ2n) is 7.98. The highest BCUT2D eigenvalue weighted by atomic mass is 79.9. The summed E-state index contributed by atoms with van der Waals surface area (Å²) in [6.07, 6.45) is 4.26. The number of hydrogen-bond acceptors (Lipinski definition) is 3. The molecule has 166 valence electrons. The standard InChI is InChI=1S/C24H28BrClN2O3/c1-16-7-3-4-8-18(16)14-28(17(2)24(30)27-20-9-5-6-10-20)23(29)15-31-22-12-11-19(26)13-21(22)25/h3-4,7-8,11-13,17,20H,5-6,9-10,14-15H2,1-2H3,(H,27,30)/t17-/m1/s1. The number of benzene rings is 2. The van der Waals surface area contributed by atoms with Crippen molar-refractivity contribution in [1.29, 1.82) is 0 Å². The van der Waals surface area contributed by atoms with Gasteiger partial charge in [-0.05, 0) is 71.9 Å². The Morgan fingerprint density at radius 2 is 1.94 bits per heavy atom. The number of halogens is 2. The summed E-state index contributed by atoms with van der Waals surface area (Å²) in [5.41, 5.74) is 2.08. The van der Waals surface area contributed by atoms with Crippen molar-refractivity contribution in [1.82, 2.24) is 10.2 Å². The number of rotatable bonds is 8. The first-order valence-electron chi connectivity index (χ1n) is 10.6. The molecule has 0 unspecified atom stereocenters. The Labute approximate surface area is 197 Å². The van der Waals surface area contributed by atoms with Crippen molar-refractivity contribution in [2.75, 3.05) is 6.61 Å². The highest BCUT2D eigenvalue weighted by molar-refractivity contribution is 9.10. The van der Waals surface area contributed by atoms with Crippen LogP contribution in [0.3, 0.4) is 0 Å². The van der Waals surface area contributed by atoms with E-state index in [0.717, 1.165) is 36.8 Å². The van der Waals surface area contributed by atoms with E-state index in [2.05, 4.69) is 21.2 Å². The fourth-order valence-corrected chi connectivity index (χ4v) is 4.56. The van der Waals surface area contributed by atoms with Crippen molar-refractivity contribution in [3.05, 3.63) is 63.1 Å². The summed E-state index contributed by atoms with van der Waals surface area (Å²) in [7, 11) is 0. The van der Waals surface area contributed by atoms with Gasteiger partial charge in [0.2, 0.25) is 5.91 Å². The molecular formula is C24H28BrClN2O3. The van der Waals surface area contributed by atoms with E-state index in [1.165, 1.54) is 0 Å². The zero-order valence-electron chi connectivity index (χ0n) is 17.9. The van der Waals surface area contributed by atoms with Crippen LogP contribution in [-0.4, -0.2) is 35.4 Å². The van der Waals surface area contributed by atoms with Crippen molar-refractivity contribution >= 4 is 39.3 Å². The third-order valence-electron chi connectivity index (χ3n) is 5.72. The number of hydrogen-bond donors (Lipinski definition) is 1. The maximum atomic E-state index is 13.2. The number of nitrogens with zero attached hydrogens (tertiary/aromatic N) is 1. The monoisotopic (exact) mass is 506 g/mol. The number of aryl methyl sites for hydroxylation is 1. The number of amides is 2. The molecule has 1 atom stereocenters. The molecule has 3 rings (SSSR count). The molecule has 1 N–H and O–H groups in total. The second kappa shape index (κ2) is 11.0. The fourth-order valence-electron chi connectivity index (χ4n) is 3.76. The Bertz CT molecular complexity index is 931. The average Bonchev–Trinajstić information content (AvgIpc) is 3.25. The Hall–Kier alpha value is -2.05. The van der Waals surface area contributed by atoms with Gasteiger partial charge < -0.3 is 15.0 Å². The molecule has 7 heteroatoms. The molecule has 1 aliphatic carbocycles. The van der Waals surface area contributed by atoms with Crippen molar-refractivity contribution in [2.24, 2.45) is 0 Å². The summed E-state index contributed by atoms with van der Waals surface area (Å²) in [4.78, 5) is 27.7. The molecule has 5 nitrogen and oxygen atoms in total. The molecule has 2 amide bonds. The quantitative estimate of drug-likeness (QED) is 0.530. The van der Waals surface area contributed by atoms with E-state index in [9.17, 15) is 9.59 Å². The van der Waals surface area contributed by atoms with Gasteiger partial charge in [0.25, 0.3) is 5.91 Å². The molecule has 0 aromatic heterocycles. The van der Waals surface area contributed by atoms with Crippen LogP contribution in [0.5, 0.6) is 5.75 Å². The molecule has 2 aromatic carbocycles. The minimum absolute atomic E-state index is 0.124. The first kappa shape index (κ1) is 23.6. The number of carbonyl (C=O) groups is 2. The lowest BCUT2D eigenvalue weighted by atomic mass is 10.1. The minimum Gasteiger partial charge on any atom is -0.483 e. The average molecular weight is 508 g/mol. The van der Waals surface area contributed by atoms with Gasteiger partial charge in [0.15, 0.2) is 6.61 Å². The molecule has 0 aliphatic heterocycles. The number of carbonyl (C=O) groups excluding carboxylic acids is 2. The van der Waals surface area contributed by atoms with Crippen LogP contribution in [0.2, 0.25) is 5.02 Å². The van der Waals surface area contributed by atoms with E-state index < -0.39 is 6.04 Å². The molecule has 1 saturated carbocycles. The van der Waals surface area contributed by atoms with Gasteiger partial charge in [0.1, 0.15) is 11.8 Å². The van der Waals surface area contributed by atoms with Gasteiger partial charge in [-0.1, -0.05) is 48.7 Å². The van der Waals surface area contributed by atoms with Gasteiger partial charge in [-0.25, -0.2) is 0 Å². The Morgan fingerprint density at radius 3 is 2.61 bits per heavy atom. The van der Waals surface area contributed by atoms with Crippen LogP contribution < -0.4 is 10.1 Å². The van der Waals surface area contributed by atoms with Gasteiger partial charge in [-0.2, -0.15) is 0 Å². The summed E-state index contributed by atoms with van der Waals surface area (Å²) < 4.78 is 6.41. The van der Waals surface area contributed by atoms with Crippen LogP contribution in [0.1, 0.15) is 43.7 Å². The Kier molecular flexibility index (Phi) is 8.38. The summed E-state index contributed by atoms with van der Waals surface area (Å²) in [6, 6.07) is 12.6. The first-order valence-corrected chi connectivity index (χ1v) is 11.7. The van der Waals surface area contributed by atoms with Gasteiger partial charge in [-0.15, -0.1) is 0 Å². The largest absolute Gasteiger partial charge is 0.483 e. The van der Waals surface area contributed by atoms with Gasteiger partial charge in [0.05, 0.1) is 4.47 Å². The highest BCUT2D eigenvalue weighted by Crippen LogP contribution is 2.28. The summed E-state index contributed by atoms with van der Waals surface area (Å²) >= 11 is 9.38. The van der Waals surface area contributed by atoms with E-state index in [1.54, 1.807) is 30.0 Å². The Morgan fingerprint density at radius 1 is 1.23 bits per heavy atom. The topological polar surface area (TPSA) is 58.6 Å². The van der Waals surface area contributed by atoms with Crippen LogP contribution >= 0.6 is 27.5 Å². The predicted octanol–water partition coefficient (Wildman–Crippen LogP) is 5.27. The lowest BCUT2D eigenvalue weighted by Gasteiger charge is -2.30. The third-order valence-corrected chi connectivity index (χ3v) is 6.57. The Balaban J connectivity index is 1.74. The molecule has 0 heterocycles. The minimum atomic E-state index is -0.607. The zero-order valence-corrected chi connectivity index (χ0v) is 20.2. The van der Waals surface area contributed by atoms with E-state index in [1.807, 2.05) is 31.2 Å². The fraction of sp³-hybridized carbons (Fsp3) is 0.417. The van der Waals surface area contributed by atoms with Crippen molar-refractivity contribution in [3.8, 4) is 5.75 Å². The van der Waals surface area contributed by atoms with E-state index in [0.29, 0.717) is 21.8 Å². The summed E-state index contributed by atoms with van der Waals surface area (Å²) in [5.74, 6) is 0.150. The van der Waals surface area contributed by atoms with Crippen LogP contribution in [0.25, 0.3) is 0 Å². The molecule has 1 fully saturated rings. The van der Waals surface area contributed by atoms with Gasteiger partial charge in [-0.3, -0.25) is 9.59 Å². The molecule has 0 radical (unpaired) electrons. The van der Waals surface area contributed by atoms with E-state index in [4.69, 9.17) is 16.3 Å². The summed E-state index contributed by atoms with van der Waals surface area (Å²) in [6.45, 7) is 3.95. The van der Waals surface area contributed by atoms with E-state index >= 15 is 0 Å². The molecule has 0 spiro atoms. The van der Waals surface area contributed by atoms with Crippen LogP contribution in [0, 0.1) is 6.92 Å². The normalized spacial score (nSPS) is 14.8. The van der Waals surface area contributed by atoms with Crippen LogP contribution in [0.15, 0.2) is 46.9 Å². The molecule has 31 heavy (non-hydrogen) atoms. The molecule has 2 aromatic rings. The van der Waals surface area contributed by atoms with Gasteiger partial charge >= 0.3 is 0 Å². The van der Waals surface area contributed by atoms with Crippen LogP contribution in [0.4, 0.5) is 0 Å². The lowest BCUT2D eigenvalue weighted by Crippen LogP contribution is -2.50.